The Morgan fingerprint density at radius 1 is 1.10 bits per heavy atom. The highest BCUT2D eigenvalue weighted by Crippen LogP contribution is 2.39. The highest BCUT2D eigenvalue weighted by Gasteiger charge is 2.30. The first-order chi connectivity index (χ1) is 20.1. The first kappa shape index (κ1) is 30.0. The van der Waals surface area contributed by atoms with E-state index in [-0.39, 0.29) is 18.2 Å². The summed E-state index contributed by atoms with van der Waals surface area (Å²) >= 11 is 2.84. The van der Waals surface area contributed by atoms with E-state index in [1.165, 1.54) is 23.1 Å². The topological polar surface area (TPSA) is 140 Å². The number of thiazole rings is 1. The zero-order valence-electron chi connectivity index (χ0n) is 24.4. The third kappa shape index (κ3) is 7.88. The number of nitrogens with zero attached hydrogens (tertiary/aromatic N) is 4. The quantitative estimate of drug-likeness (QED) is 0.170. The van der Waals surface area contributed by atoms with Crippen molar-refractivity contribution in [1.82, 2.24) is 25.1 Å². The molecule has 0 aliphatic heterocycles. The van der Waals surface area contributed by atoms with Crippen molar-refractivity contribution in [1.29, 1.82) is 0 Å². The number of benzene rings is 1. The summed E-state index contributed by atoms with van der Waals surface area (Å²) in [6.07, 6.45) is 5.54. The molecule has 0 bridgehead atoms. The fourth-order valence-corrected chi connectivity index (χ4v) is 6.62. The van der Waals surface area contributed by atoms with Crippen molar-refractivity contribution >= 4 is 51.8 Å². The molecule has 0 saturated heterocycles. The smallest absolute Gasteiger partial charge is 0.408 e. The summed E-state index contributed by atoms with van der Waals surface area (Å²) in [5.74, 6) is 1.35. The van der Waals surface area contributed by atoms with Gasteiger partial charge in [0, 0.05) is 28.7 Å². The monoisotopic (exact) mass is 611 g/mol. The lowest BCUT2D eigenvalue weighted by Crippen LogP contribution is -2.32. The number of carbonyl (C=O) groups excluding carboxylic acids is 3. The molecule has 11 nitrogen and oxygen atoms in total. The van der Waals surface area contributed by atoms with Crippen LogP contribution in [0.3, 0.4) is 0 Å². The lowest BCUT2D eigenvalue weighted by molar-refractivity contribution is 0.0521. The normalized spacial score (nSPS) is 15.4. The molecule has 2 aliphatic rings. The minimum absolute atomic E-state index is 0.0254. The van der Waals surface area contributed by atoms with E-state index in [0.29, 0.717) is 34.0 Å². The number of hydrogen-bond donors (Lipinski definition) is 3. The average molecular weight is 612 g/mol. The number of aromatic nitrogens is 4. The van der Waals surface area contributed by atoms with Gasteiger partial charge in [0.25, 0.3) is 0 Å². The molecule has 42 heavy (non-hydrogen) atoms. The van der Waals surface area contributed by atoms with Gasteiger partial charge in [-0.15, -0.1) is 21.5 Å². The average Bonchev–Trinajstić information content (AvgIpc) is 3.29. The third-order valence-electron chi connectivity index (χ3n) is 6.97. The van der Waals surface area contributed by atoms with Crippen LogP contribution in [-0.2, 0) is 17.0 Å². The Hall–Kier alpha value is -3.45. The molecule has 0 unspecified atom stereocenters. The molecule has 1 aromatic carbocycles. The van der Waals surface area contributed by atoms with E-state index in [1.807, 2.05) is 45.2 Å². The van der Waals surface area contributed by atoms with Crippen LogP contribution >= 0.6 is 23.1 Å². The lowest BCUT2D eigenvalue weighted by Gasteiger charge is -2.19. The van der Waals surface area contributed by atoms with Crippen LogP contribution in [0.15, 0.2) is 28.7 Å². The molecule has 2 heterocycles. The highest BCUT2D eigenvalue weighted by atomic mass is 32.2. The Labute approximate surface area is 253 Å². The fraction of sp³-hybridized carbons (Fsp3) is 0.517. The van der Waals surface area contributed by atoms with Gasteiger partial charge in [0.05, 0.1) is 17.9 Å². The van der Waals surface area contributed by atoms with Crippen molar-refractivity contribution in [3.8, 4) is 0 Å². The van der Waals surface area contributed by atoms with Crippen molar-refractivity contribution in [2.45, 2.75) is 95.3 Å². The number of aryl methyl sites for hydroxylation is 1. The molecule has 2 fully saturated rings. The van der Waals surface area contributed by atoms with Crippen LogP contribution in [0.1, 0.15) is 92.8 Å². The lowest BCUT2D eigenvalue weighted by atomic mass is 9.94. The predicted octanol–water partition coefficient (Wildman–Crippen LogP) is 6.71. The van der Waals surface area contributed by atoms with E-state index < -0.39 is 17.7 Å². The van der Waals surface area contributed by atoms with Crippen LogP contribution in [0.2, 0.25) is 0 Å². The first-order valence-electron chi connectivity index (χ1n) is 14.3. The Kier molecular flexibility index (Phi) is 9.16. The second kappa shape index (κ2) is 12.8. The van der Waals surface area contributed by atoms with Gasteiger partial charge >= 0.3 is 12.1 Å². The Morgan fingerprint density at radius 2 is 1.86 bits per heavy atom. The van der Waals surface area contributed by atoms with Gasteiger partial charge in [-0.1, -0.05) is 36.2 Å². The molecule has 3 amide bonds. The molecule has 2 aromatic heterocycles. The van der Waals surface area contributed by atoms with Crippen molar-refractivity contribution < 1.29 is 19.1 Å². The van der Waals surface area contributed by atoms with Crippen LogP contribution in [0, 0.1) is 12.8 Å². The molecule has 5 rings (SSSR count). The summed E-state index contributed by atoms with van der Waals surface area (Å²) in [5, 5.41) is 20.2. The number of thioether (sulfide) groups is 1. The maximum atomic E-state index is 13.1. The van der Waals surface area contributed by atoms with E-state index in [4.69, 9.17) is 4.74 Å². The number of urea groups is 1. The van der Waals surface area contributed by atoms with Gasteiger partial charge in [0.2, 0.25) is 0 Å². The van der Waals surface area contributed by atoms with Crippen LogP contribution in [0.5, 0.6) is 0 Å². The standard InChI is InChI=1S/C29H37N7O4S2/c1-17-9-12-22(21(13-17)24(37)18-7-5-6-8-18)32-25(38)33-26-31-19(15-41-26)16-42-27-35-34-23(36(27)20-10-11-20)14-30-28(39)40-29(2,3)4/h9,12-13,15,18,20H,5-8,10-11,14,16H2,1-4H3,(H,30,39)(H2,31,32,33,38). The highest BCUT2D eigenvalue weighted by molar-refractivity contribution is 7.98. The Morgan fingerprint density at radius 3 is 2.57 bits per heavy atom. The van der Waals surface area contributed by atoms with Gasteiger partial charge in [-0.25, -0.2) is 14.6 Å². The maximum absolute atomic E-state index is 13.1. The van der Waals surface area contributed by atoms with Gasteiger partial charge in [-0.2, -0.15) is 0 Å². The second-order valence-electron chi connectivity index (χ2n) is 11.8. The van der Waals surface area contributed by atoms with E-state index in [1.54, 1.807) is 6.07 Å². The van der Waals surface area contributed by atoms with Gasteiger partial charge in [-0.3, -0.25) is 10.1 Å². The van der Waals surface area contributed by atoms with Gasteiger partial charge in [0.15, 0.2) is 21.9 Å². The molecule has 3 N–H and O–H groups in total. The van der Waals surface area contributed by atoms with Crippen LogP contribution in [0.4, 0.5) is 20.4 Å². The number of nitrogens with one attached hydrogen (secondary N) is 3. The number of alkyl carbamates (subject to hydrolysis) is 1. The molecule has 2 aliphatic carbocycles. The van der Waals surface area contributed by atoms with Crippen LogP contribution < -0.4 is 16.0 Å². The number of carbonyl (C=O) groups is 3. The first-order valence-corrected chi connectivity index (χ1v) is 16.1. The summed E-state index contributed by atoms with van der Waals surface area (Å²) in [6, 6.07) is 5.41. The molecular weight excluding hydrogens is 574 g/mol. The SMILES string of the molecule is Cc1ccc(NC(=O)Nc2nc(CSc3nnc(CNC(=O)OC(C)(C)C)n3C3CC3)cs2)c(C(=O)C2CCCC2)c1. The van der Waals surface area contributed by atoms with Crippen molar-refractivity contribution in [2.24, 2.45) is 5.92 Å². The molecular formula is C29H37N7O4S2. The summed E-state index contributed by atoms with van der Waals surface area (Å²) in [5.41, 5.74) is 2.28. The number of Topliss-reactive ketones (excluding diaryl/α,β-unsaturated/α-hetero) is 1. The summed E-state index contributed by atoms with van der Waals surface area (Å²) in [6.45, 7) is 7.63. The zero-order valence-corrected chi connectivity index (χ0v) is 26.0. The molecule has 3 aromatic rings. The predicted molar refractivity (Wildman–Crippen MR) is 163 cm³/mol. The van der Waals surface area contributed by atoms with Gasteiger partial charge < -0.3 is 19.9 Å². The Bertz CT molecular complexity index is 1450. The van der Waals surface area contributed by atoms with E-state index in [2.05, 4.69) is 35.7 Å². The largest absolute Gasteiger partial charge is 0.444 e. The van der Waals surface area contributed by atoms with E-state index in [0.717, 1.165) is 54.9 Å². The van der Waals surface area contributed by atoms with Crippen LogP contribution in [0.25, 0.3) is 0 Å². The number of rotatable bonds is 10. The summed E-state index contributed by atoms with van der Waals surface area (Å²) in [7, 11) is 0. The number of ketones is 1. The fourth-order valence-electron chi connectivity index (χ4n) is 4.89. The molecule has 2 saturated carbocycles. The zero-order chi connectivity index (χ0) is 29.9. The van der Waals surface area contributed by atoms with Crippen LogP contribution in [-0.4, -0.2) is 43.3 Å². The Balaban J connectivity index is 1.16. The summed E-state index contributed by atoms with van der Waals surface area (Å²) < 4.78 is 7.40. The minimum Gasteiger partial charge on any atom is -0.444 e. The molecule has 0 atom stereocenters. The van der Waals surface area contributed by atoms with E-state index in [9.17, 15) is 14.4 Å². The number of hydrogen-bond acceptors (Lipinski definition) is 9. The molecule has 224 valence electrons. The van der Waals surface area contributed by atoms with Crippen molar-refractivity contribution in [2.75, 3.05) is 10.6 Å². The molecule has 0 spiro atoms. The maximum Gasteiger partial charge on any atom is 0.408 e. The van der Waals surface area contributed by atoms with Crippen molar-refractivity contribution in [3.63, 3.8) is 0 Å². The van der Waals surface area contributed by atoms with Crippen molar-refractivity contribution in [3.05, 3.63) is 46.2 Å². The third-order valence-corrected chi connectivity index (χ3v) is 8.76. The molecule has 0 radical (unpaired) electrons. The van der Waals surface area contributed by atoms with Gasteiger partial charge in [0.1, 0.15) is 5.60 Å². The minimum atomic E-state index is -0.575. The van der Waals surface area contributed by atoms with Gasteiger partial charge in [-0.05, 0) is 65.5 Å². The number of ether oxygens (including phenoxy) is 1. The number of anilines is 2. The second-order valence-corrected chi connectivity index (χ2v) is 13.6. The summed E-state index contributed by atoms with van der Waals surface area (Å²) in [4.78, 5) is 42.6. The number of amides is 3. The molecule has 13 heteroatoms. The van der Waals surface area contributed by atoms with E-state index >= 15 is 0 Å².